The molecule has 1 aliphatic heterocycles. The summed E-state index contributed by atoms with van der Waals surface area (Å²) in [7, 11) is 1.58. The number of aromatic nitrogens is 1. The predicted molar refractivity (Wildman–Crippen MR) is 97.8 cm³/mol. The van der Waals surface area contributed by atoms with Crippen molar-refractivity contribution in [2.45, 2.75) is 5.92 Å². The topological polar surface area (TPSA) is 89.0 Å². The van der Waals surface area contributed by atoms with Gasteiger partial charge in [0.1, 0.15) is 6.61 Å². The number of pyridine rings is 1. The van der Waals surface area contributed by atoms with Crippen molar-refractivity contribution in [3.63, 3.8) is 0 Å². The standard InChI is InChI=1S/C20H22N2O5/c1-26-9-10-27-18-11-15(7-8-21-18)19(23)22-12-16(17(13-22)20(24)25)14-5-3-2-4-6-14/h2-8,11,16-17H,9-10,12-13H2,1H3,(H,24,25). The molecule has 1 aliphatic rings. The van der Waals surface area contributed by atoms with E-state index in [0.29, 0.717) is 31.2 Å². The number of methoxy groups -OCH3 is 1. The van der Waals surface area contributed by atoms with E-state index in [2.05, 4.69) is 4.98 Å². The predicted octanol–water partition coefficient (Wildman–Crippen LogP) is 2.05. The minimum atomic E-state index is -0.891. The first-order chi connectivity index (χ1) is 13.1. The summed E-state index contributed by atoms with van der Waals surface area (Å²) in [5, 5.41) is 9.60. The number of aliphatic carboxylic acids is 1. The average molecular weight is 370 g/mol. The molecule has 27 heavy (non-hydrogen) atoms. The van der Waals surface area contributed by atoms with E-state index in [-0.39, 0.29) is 18.4 Å². The first-order valence-corrected chi connectivity index (χ1v) is 8.75. The first-order valence-electron chi connectivity index (χ1n) is 8.75. The van der Waals surface area contributed by atoms with Crippen LogP contribution in [0.1, 0.15) is 21.8 Å². The maximum Gasteiger partial charge on any atom is 0.308 e. The van der Waals surface area contributed by atoms with Crippen LogP contribution in [0.2, 0.25) is 0 Å². The minimum absolute atomic E-state index is 0.177. The van der Waals surface area contributed by atoms with Gasteiger partial charge in [0.25, 0.3) is 5.91 Å². The van der Waals surface area contributed by atoms with Crippen molar-refractivity contribution in [1.29, 1.82) is 0 Å². The second kappa shape index (κ2) is 8.64. The van der Waals surface area contributed by atoms with E-state index < -0.39 is 11.9 Å². The Morgan fingerprint density at radius 2 is 1.96 bits per heavy atom. The molecule has 1 saturated heterocycles. The van der Waals surface area contributed by atoms with E-state index in [0.717, 1.165) is 5.56 Å². The Balaban J connectivity index is 1.75. The fourth-order valence-corrected chi connectivity index (χ4v) is 3.29. The van der Waals surface area contributed by atoms with Gasteiger partial charge in [-0.05, 0) is 11.6 Å². The van der Waals surface area contributed by atoms with E-state index in [1.54, 1.807) is 24.1 Å². The highest BCUT2D eigenvalue weighted by atomic mass is 16.5. The molecule has 0 spiro atoms. The molecule has 0 aliphatic carbocycles. The number of ether oxygens (including phenoxy) is 2. The largest absolute Gasteiger partial charge is 0.481 e. The molecule has 1 aromatic heterocycles. The highest BCUT2D eigenvalue weighted by Crippen LogP contribution is 2.33. The molecule has 7 heteroatoms. The Morgan fingerprint density at radius 1 is 1.19 bits per heavy atom. The Morgan fingerprint density at radius 3 is 2.67 bits per heavy atom. The van der Waals surface area contributed by atoms with Crippen LogP contribution in [0.15, 0.2) is 48.7 Å². The molecule has 1 aromatic carbocycles. The van der Waals surface area contributed by atoms with Crippen molar-refractivity contribution in [1.82, 2.24) is 9.88 Å². The monoisotopic (exact) mass is 370 g/mol. The molecule has 2 aromatic rings. The molecule has 2 atom stereocenters. The molecule has 0 saturated carbocycles. The quantitative estimate of drug-likeness (QED) is 0.751. The van der Waals surface area contributed by atoms with E-state index in [1.165, 1.54) is 6.20 Å². The lowest BCUT2D eigenvalue weighted by molar-refractivity contribution is -0.141. The Bertz CT molecular complexity index is 796. The summed E-state index contributed by atoms with van der Waals surface area (Å²) in [4.78, 5) is 30.3. The fraction of sp³-hybridized carbons (Fsp3) is 0.350. The normalized spacial score (nSPS) is 19.1. The summed E-state index contributed by atoms with van der Waals surface area (Å²) in [5.41, 5.74) is 1.36. The number of hydrogen-bond acceptors (Lipinski definition) is 5. The molecule has 1 N–H and O–H groups in total. The van der Waals surface area contributed by atoms with Gasteiger partial charge in [-0.3, -0.25) is 9.59 Å². The number of likely N-dealkylation sites (tertiary alicyclic amines) is 1. The van der Waals surface area contributed by atoms with Crippen molar-refractivity contribution in [2.24, 2.45) is 5.92 Å². The number of amides is 1. The molecular formula is C20H22N2O5. The number of carboxylic acid groups (broad SMARTS) is 1. The van der Waals surface area contributed by atoms with Gasteiger partial charge in [0, 0.05) is 43.9 Å². The Hall–Kier alpha value is -2.93. The number of hydrogen-bond donors (Lipinski definition) is 1. The maximum atomic E-state index is 12.9. The van der Waals surface area contributed by atoms with Crippen molar-refractivity contribution in [2.75, 3.05) is 33.4 Å². The van der Waals surface area contributed by atoms with Crippen LogP contribution in [0.4, 0.5) is 0 Å². The molecule has 0 bridgehead atoms. The van der Waals surface area contributed by atoms with E-state index >= 15 is 0 Å². The van der Waals surface area contributed by atoms with E-state index in [1.807, 2.05) is 30.3 Å². The van der Waals surface area contributed by atoms with Crippen molar-refractivity contribution in [3.05, 3.63) is 59.8 Å². The lowest BCUT2D eigenvalue weighted by Gasteiger charge is -2.17. The van der Waals surface area contributed by atoms with Crippen molar-refractivity contribution in [3.8, 4) is 5.88 Å². The highest BCUT2D eigenvalue weighted by Gasteiger charge is 2.40. The number of carbonyl (C=O) groups excluding carboxylic acids is 1. The molecule has 3 rings (SSSR count). The van der Waals surface area contributed by atoms with Gasteiger partial charge in [-0.1, -0.05) is 30.3 Å². The van der Waals surface area contributed by atoms with Crippen LogP contribution in [0.5, 0.6) is 5.88 Å². The summed E-state index contributed by atoms with van der Waals surface area (Å²) < 4.78 is 10.4. The van der Waals surface area contributed by atoms with Gasteiger partial charge in [0.15, 0.2) is 0 Å². The highest BCUT2D eigenvalue weighted by molar-refractivity contribution is 5.95. The van der Waals surface area contributed by atoms with Gasteiger partial charge in [-0.15, -0.1) is 0 Å². The van der Waals surface area contributed by atoms with E-state index in [9.17, 15) is 14.7 Å². The molecule has 1 fully saturated rings. The average Bonchev–Trinajstić information content (AvgIpc) is 3.14. The third-order valence-electron chi connectivity index (χ3n) is 4.67. The second-order valence-corrected chi connectivity index (χ2v) is 6.40. The van der Waals surface area contributed by atoms with Gasteiger partial charge in [-0.25, -0.2) is 4.98 Å². The van der Waals surface area contributed by atoms with Crippen LogP contribution in [0.3, 0.4) is 0 Å². The van der Waals surface area contributed by atoms with Gasteiger partial charge in [0.2, 0.25) is 5.88 Å². The second-order valence-electron chi connectivity index (χ2n) is 6.40. The Kier molecular flexibility index (Phi) is 6.03. The maximum absolute atomic E-state index is 12.9. The molecule has 0 radical (unpaired) electrons. The van der Waals surface area contributed by atoms with Crippen LogP contribution < -0.4 is 4.74 Å². The number of benzene rings is 1. The first kappa shape index (κ1) is 18.8. The SMILES string of the molecule is COCCOc1cc(C(=O)N2CC(C(=O)O)C(c3ccccc3)C2)ccn1. The van der Waals surface area contributed by atoms with Crippen LogP contribution in [0, 0.1) is 5.92 Å². The molecular weight excluding hydrogens is 348 g/mol. The summed E-state index contributed by atoms with van der Waals surface area (Å²) in [5.74, 6) is -1.63. The molecule has 142 valence electrons. The number of rotatable bonds is 7. The summed E-state index contributed by atoms with van der Waals surface area (Å²) >= 11 is 0. The lowest BCUT2D eigenvalue weighted by Crippen LogP contribution is -2.30. The molecule has 2 heterocycles. The third-order valence-corrected chi connectivity index (χ3v) is 4.67. The van der Waals surface area contributed by atoms with Crippen molar-refractivity contribution < 1.29 is 24.2 Å². The van der Waals surface area contributed by atoms with Gasteiger partial charge in [0.05, 0.1) is 12.5 Å². The minimum Gasteiger partial charge on any atom is -0.481 e. The van der Waals surface area contributed by atoms with Gasteiger partial charge >= 0.3 is 5.97 Å². The summed E-state index contributed by atoms with van der Waals surface area (Å²) in [6, 6.07) is 12.6. The molecule has 1 amide bonds. The van der Waals surface area contributed by atoms with Gasteiger partial charge < -0.3 is 19.5 Å². The van der Waals surface area contributed by atoms with Crippen LogP contribution >= 0.6 is 0 Å². The molecule has 7 nitrogen and oxygen atoms in total. The zero-order valence-electron chi connectivity index (χ0n) is 15.1. The van der Waals surface area contributed by atoms with Crippen LogP contribution in [-0.4, -0.2) is 60.3 Å². The zero-order valence-corrected chi connectivity index (χ0v) is 15.1. The number of nitrogens with zero attached hydrogens (tertiary/aromatic N) is 2. The van der Waals surface area contributed by atoms with Crippen LogP contribution in [-0.2, 0) is 9.53 Å². The third kappa shape index (κ3) is 4.43. The number of carboxylic acids is 1. The Labute approximate surface area is 157 Å². The smallest absolute Gasteiger partial charge is 0.308 e. The van der Waals surface area contributed by atoms with Crippen molar-refractivity contribution >= 4 is 11.9 Å². The molecule has 2 unspecified atom stereocenters. The van der Waals surface area contributed by atoms with Crippen LogP contribution in [0.25, 0.3) is 0 Å². The fourth-order valence-electron chi connectivity index (χ4n) is 3.29. The zero-order chi connectivity index (χ0) is 19.2. The van der Waals surface area contributed by atoms with E-state index in [4.69, 9.17) is 9.47 Å². The number of carbonyl (C=O) groups is 2. The summed E-state index contributed by atoms with van der Waals surface area (Å²) in [6.07, 6.45) is 1.51. The van der Waals surface area contributed by atoms with Gasteiger partial charge in [-0.2, -0.15) is 0 Å². The summed E-state index contributed by atoms with van der Waals surface area (Å²) in [6.45, 7) is 1.30. The lowest BCUT2D eigenvalue weighted by atomic mass is 9.89.